The molecule has 4 heterocycles. The fourth-order valence-corrected chi connectivity index (χ4v) is 5.49. The molecule has 2 saturated heterocycles. The zero-order valence-corrected chi connectivity index (χ0v) is 22.6. The summed E-state index contributed by atoms with van der Waals surface area (Å²) in [6.07, 6.45) is 1.06. The molecular weight excluding hydrogens is 544 g/mol. The van der Waals surface area contributed by atoms with E-state index in [9.17, 15) is 14.1 Å². The number of fused-ring (bicyclic) bond motifs is 2. The SMILES string of the molecule is CS(C)(=O)=NC(=O)c1ccc(-c2ccc(-c3nc4nc(O[C@@H]5COC6C(O)CO[C@@H]65)[nH]c4cc3Cl)cc2)cc1. The summed E-state index contributed by atoms with van der Waals surface area (Å²) in [7, 11) is -2.51. The second-order valence-electron chi connectivity index (χ2n) is 9.78. The summed E-state index contributed by atoms with van der Waals surface area (Å²) in [5, 5.41) is 10.4. The van der Waals surface area contributed by atoms with Crippen LogP contribution < -0.4 is 4.74 Å². The zero-order chi connectivity index (χ0) is 27.3. The molecule has 2 aromatic carbocycles. The van der Waals surface area contributed by atoms with E-state index in [0.717, 1.165) is 16.7 Å². The first kappa shape index (κ1) is 25.9. The maximum Gasteiger partial charge on any atom is 0.296 e. The quantitative estimate of drug-likeness (QED) is 0.372. The number of aromatic amines is 1. The van der Waals surface area contributed by atoms with Gasteiger partial charge >= 0.3 is 0 Å². The van der Waals surface area contributed by atoms with Crippen molar-refractivity contribution in [2.75, 3.05) is 25.7 Å². The monoisotopic (exact) mass is 568 g/mol. The predicted molar refractivity (Wildman–Crippen MR) is 146 cm³/mol. The number of aliphatic hydroxyl groups excluding tert-OH is 1. The minimum atomic E-state index is -2.51. The van der Waals surface area contributed by atoms with Crippen LogP contribution in [0.25, 0.3) is 33.5 Å². The summed E-state index contributed by atoms with van der Waals surface area (Å²) in [6.45, 7) is 0.514. The summed E-state index contributed by atoms with van der Waals surface area (Å²) in [5.74, 6) is -0.499. The van der Waals surface area contributed by atoms with E-state index in [1.807, 2.05) is 36.4 Å². The van der Waals surface area contributed by atoms with Gasteiger partial charge in [0.25, 0.3) is 11.9 Å². The Labute approximate surface area is 229 Å². The molecule has 39 heavy (non-hydrogen) atoms. The number of benzene rings is 2. The second-order valence-corrected chi connectivity index (χ2v) is 12.7. The number of rotatable bonds is 5. The third-order valence-corrected chi connectivity index (χ3v) is 7.47. The highest BCUT2D eigenvalue weighted by atomic mass is 35.5. The summed E-state index contributed by atoms with van der Waals surface area (Å²) >= 11 is 6.58. The molecule has 0 saturated carbocycles. The van der Waals surface area contributed by atoms with E-state index in [0.29, 0.717) is 34.1 Å². The largest absolute Gasteiger partial charge is 0.456 e. The Hall–Kier alpha value is -3.35. The van der Waals surface area contributed by atoms with Gasteiger partial charge in [-0.15, -0.1) is 0 Å². The number of pyridine rings is 1. The van der Waals surface area contributed by atoms with Crippen LogP contribution in [-0.4, -0.2) is 80.3 Å². The van der Waals surface area contributed by atoms with Crippen LogP contribution in [0.15, 0.2) is 59.0 Å². The number of nitrogens with one attached hydrogen (secondary N) is 1. The minimum absolute atomic E-state index is 0.220. The Morgan fingerprint density at radius 2 is 1.67 bits per heavy atom. The lowest BCUT2D eigenvalue weighted by Gasteiger charge is -2.15. The minimum Gasteiger partial charge on any atom is -0.456 e. The van der Waals surface area contributed by atoms with Crippen LogP contribution in [0.3, 0.4) is 0 Å². The summed E-state index contributed by atoms with van der Waals surface area (Å²) in [6, 6.07) is 16.7. The molecule has 4 aromatic rings. The summed E-state index contributed by atoms with van der Waals surface area (Å²) in [4.78, 5) is 24.4. The maximum atomic E-state index is 12.2. The van der Waals surface area contributed by atoms with Crippen molar-refractivity contribution in [1.29, 1.82) is 0 Å². The summed E-state index contributed by atoms with van der Waals surface area (Å²) < 4.78 is 32.7. The number of carbonyl (C=O) groups excluding carboxylic acids is 1. The van der Waals surface area contributed by atoms with Gasteiger partial charge < -0.3 is 24.3 Å². The number of halogens is 1. The number of aliphatic hydroxyl groups is 1. The van der Waals surface area contributed by atoms with Crippen molar-refractivity contribution in [3.8, 4) is 28.4 Å². The van der Waals surface area contributed by atoms with Crippen molar-refractivity contribution >= 4 is 38.4 Å². The van der Waals surface area contributed by atoms with Crippen LogP contribution in [0.5, 0.6) is 6.01 Å². The Balaban J connectivity index is 1.20. The standard InChI is InChI=1S/C27H25ClN4O6S/c1-39(2,35)32-26(34)17-9-5-15(6-10-17)14-3-7-16(8-4-14)22-18(28)11-19-25(30-22)31-27(29-19)38-21-13-37-23-20(33)12-36-24(21)23/h3-11,20-21,23-24,33H,12-13H2,1-2H3,(H,29,30,31)/t20?,21-,23?,24-/m1/s1. The fraction of sp³-hybridized carbons (Fsp3) is 0.296. The number of H-pyrrole nitrogens is 1. The first-order valence-electron chi connectivity index (χ1n) is 12.2. The third-order valence-electron chi connectivity index (χ3n) is 6.58. The molecule has 2 aromatic heterocycles. The summed E-state index contributed by atoms with van der Waals surface area (Å²) in [5.41, 5.74) is 4.69. The predicted octanol–water partition coefficient (Wildman–Crippen LogP) is 3.72. The Kier molecular flexibility index (Phi) is 6.64. The molecule has 1 amide bonds. The van der Waals surface area contributed by atoms with Crippen molar-refractivity contribution in [3.63, 3.8) is 0 Å². The topological polar surface area (TPSA) is 136 Å². The van der Waals surface area contributed by atoms with Gasteiger partial charge in [0, 0.05) is 33.4 Å². The van der Waals surface area contributed by atoms with Gasteiger partial charge in [0.2, 0.25) is 0 Å². The lowest BCUT2D eigenvalue weighted by Crippen LogP contribution is -2.34. The van der Waals surface area contributed by atoms with E-state index in [2.05, 4.69) is 19.3 Å². The maximum absolute atomic E-state index is 12.2. The Bertz CT molecular complexity index is 1670. The molecule has 4 atom stereocenters. The van der Waals surface area contributed by atoms with Crippen molar-refractivity contribution in [1.82, 2.24) is 15.0 Å². The molecule has 0 radical (unpaired) electrons. The first-order valence-corrected chi connectivity index (χ1v) is 14.9. The van der Waals surface area contributed by atoms with Gasteiger partial charge in [-0.2, -0.15) is 9.35 Å². The third kappa shape index (κ3) is 5.28. The van der Waals surface area contributed by atoms with Crippen molar-refractivity contribution in [2.24, 2.45) is 4.36 Å². The molecule has 0 spiro atoms. The lowest BCUT2D eigenvalue weighted by atomic mass is 10.0. The van der Waals surface area contributed by atoms with E-state index in [-0.39, 0.29) is 18.7 Å². The van der Waals surface area contributed by atoms with E-state index in [1.54, 1.807) is 18.2 Å². The second kappa shape index (κ2) is 10.00. The van der Waals surface area contributed by atoms with Gasteiger partial charge in [-0.1, -0.05) is 48.0 Å². The highest BCUT2D eigenvalue weighted by Gasteiger charge is 2.48. The average Bonchev–Trinajstić information content (AvgIpc) is 3.59. The van der Waals surface area contributed by atoms with Crippen LogP contribution in [-0.2, 0) is 19.2 Å². The molecule has 12 heteroatoms. The Morgan fingerprint density at radius 3 is 2.36 bits per heavy atom. The molecule has 2 fully saturated rings. The molecule has 0 bridgehead atoms. The molecule has 2 unspecified atom stereocenters. The molecule has 2 aliphatic heterocycles. The number of hydrogen-bond acceptors (Lipinski definition) is 8. The smallest absolute Gasteiger partial charge is 0.296 e. The van der Waals surface area contributed by atoms with Crippen molar-refractivity contribution in [2.45, 2.75) is 24.4 Å². The van der Waals surface area contributed by atoms with E-state index >= 15 is 0 Å². The molecular formula is C27H25ClN4O6S. The molecule has 2 aliphatic rings. The van der Waals surface area contributed by atoms with Gasteiger partial charge in [-0.3, -0.25) is 4.79 Å². The van der Waals surface area contributed by atoms with Gasteiger partial charge in [0.15, 0.2) is 11.8 Å². The van der Waals surface area contributed by atoms with E-state index < -0.39 is 33.9 Å². The number of ether oxygens (including phenoxy) is 3. The molecule has 202 valence electrons. The number of aromatic nitrogens is 3. The average molecular weight is 569 g/mol. The number of carbonyl (C=O) groups is 1. The highest BCUT2D eigenvalue weighted by molar-refractivity contribution is 7.92. The van der Waals surface area contributed by atoms with Gasteiger partial charge in [-0.25, -0.2) is 9.19 Å². The Morgan fingerprint density at radius 1 is 1.03 bits per heavy atom. The van der Waals surface area contributed by atoms with Crippen LogP contribution >= 0.6 is 11.6 Å². The van der Waals surface area contributed by atoms with Gasteiger partial charge in [0.1, 0.15) is 18.3 Å². The molecule has 10 nitrogen and oxygen atoms in total. The number of nitrogens with zero attached hydrogens (tertiary/aromatic N) is 3. The van der Waals surface area contributed by atoms with E-state index in [4.69, 9.17) is 25.8 Å². The normalized spacial score (nSPS) is 22.7. The van der Waals surface area contributed by atoms with Crippen molar-refractivity contribution < 1.29 is 28.3 Å². The number of amides is 1. The van der Waals surface area contributed by atoms with Crippen LogP contribution in [0.4, 0.5) is 0 Å². The molecule has 0 aliphatic carbocycles. The zero-order valence-electron chi connectivity index (χ0n) is 21.0. The molecule has 6 rings (SSSR count). The molecule has 2 N–H and O–H groups in total. The van der Waals surface area contributed by atoms with Crippen LogP contribution in [0, 0.1) is 0 Å². The first-order chi connectivity index (χ1) is 18.6. The van der Waals surface area contributed by atoms with Crippen LogP contribution in [0.1, 0.15) is 10.4 Å². The number of imidazole rings is 1. The fourth-order valence-electron chi connectivity index (χ4n) is 4.72. The van der Waals surface area contributed by atoms with Crippen LogP contribution in [0.2, 0.25) is 5.02 Å². The number of hydrogen-bond donors (Lipinski definition) is 2. The van der Waals surface area contributed by atoms with Gasteiger partial charge in [0.05, 0.1) is 29.4 Å². The highest BCUT2D eigenvalue weighted by Crippen LogP contribution is 2.33. The lowest BCUT2D eigenvalue weighted by molar-refractivity contribution is 0.00706. The van der Waals surface area contributed by atoms with E-state index in [1.165, 1.54) is 12.5 Å². The van der Waals surface area contributed by atoms with Gasteiger partial charge in [-0.05, 0) is 29.3 Å². The van der Waals surface area contributed by atoms with Crippen molar-refractivity contribution in [3.05, 3.63) is 65.2 Å².